The number of benzene rings is 2. The first-order valence-corrected chi connectivity index (χ1v) is 9.95. The van der Waals surface area contributed by atoms with Gasteiger partial charge in [0, 0.05) is 41.8 Å². The van der Waals surface area contributed by atoms with Crippen LogP contribution in [0.2, 0.25) is 0 Å². The van der Waals surface area contributed by atoms with Crippen molar-refractivity contribution in [2.45, 2.75) is 37.9 Å². The maximum Gasteiger partial charge on any atom is 0.240 e. The molecule has 138 valence electrons. The van der Waals surface area contributed by atoms with E-state index >= 15 is 0 Å². The number of hydrogen-bond acceptors (Lipinski definition) is 2. The van der Waals surface area contributed by atoms with Gasteiger partial charge in [0.25, 0.3) is 0 Å². The second-order valence-electron chi connectivity index (χ2n) is 7.82. The van der Waals surface area contributed by atoms with Crippen LogP contribution in [0.15, 0.2) is 60.7 Å². The Morgan fingerprint density at radius 3 is 2.59 bits per heavy atom. The lowest BCUT2D eigenvalue weighted by atomic mass is 10.1. The van der Waals surface area contributed by atoms with Crippen molar-refractivity contribution >= 4 is 16.8 Å². The maximum atomic E-state index is 12.8. The summed E-state index contributed by atoms with van der Waals surface area (Å²) in [5, 5.41) is 4.44. The molecule has 1 N–H and O–H groups in total. The molecule has 4 nitrogen and oxygen atoms in total. The first-order valence-electron chi connectivity index (χ1n) is 9.95. The molecule has 3 aromatic rings. The van der Waals surface area contributed by atoms with E-state index in [1.807, 2.05) is 30.3 Å². The lowest BCUT2D eigenvalue weighted by Crippen LogP contribution is -2.39. The van der Waals surface area contributed by atoms with Gasteiger partial charge in [-0.3, -0.25) is 9.69 Å². The molecule has 1 amide bonds. The summed E-state index contributed by atoms with van der Waals surface area (Å²) >= 11 is 0. The fourth-order valence-corrected chi connectivity index (χ4v) is 4.32. The second-order valence-corrected chi connectivity index (χ2v) is 7.82. The number of para-hydroxylation sites is 1. The summed E-state index contributed by atoms with van der Waals surface area (Å²) in [6.45, 7) is 2.49. The summed E-state index contributed by atoms with van der Waals surface area (Å²) < 4.78 is 2.15. The highest BCUT2D eigenvalue weighted by Gasteiger charge is 2.34. The smallest absolute Gasteiger partial charge is 0.240 e. The monoisotopic (exact) mass is 359 g/mol. The molecule has 2 aromatic carbocycles. The molecule has 4 heteroatoms. The number of carbonyl (C=O) groups is 1. The molecule has 2 fully saturated rings. The minimum atomic E-state index is 0.108. The van der Waals surface area contributed by atoms with Gasteiger partial charge < -0.3 is 9.88 Å². The van der Waals surface area contributed by atoms with E-state index in [2.05, 4.69) is 45.1 Å². The van der Waals surface area contributed by atoms with Gasteiger partial charge in [0.15, 0.2) is 0 Å². The Bertz CT molecular complexity index is 958. The predicted molar refractivity (Wildman–Crippen MR) is 109 cm³/mol. The molecule has 27 heavy (non-hydrogen) atoms. The zero-order valence-electron chi connectivity index (χ0n) is 15.5. The largest absolute Gasteiger partial charge is 0.350 e. The molecule has 1 saturated heterocycles. The average Bonchev–Trinajstić information content (AvgIpc) is 3.34. The maximum absolute atomic E-state index is 12.8. The minimum Gasteiger partial charge on any atom is -0.350 e. The summed E-state index contributed by atoms with van der Waals surface area (Å²) in [7, 11) is 0. The number of fused-ring (bicyclic) bond motifs is 1. The van der Waals surface area contributed by atoms with E-state index in [4.69, 9.17) is 0 Å². The number of carbonyl (C=O) groups excluding carboxylic acids is 1. The highest BCUT2D eigenvalue weighted by atomic mass is 16.2. The molecule has 0 bridgehead atoms. The first kappa shape index (κ1) is 16.6. The lowest BCUT2D eigenvalue weighted by molar-refractivity contribution is -0.122. The highest BCUT2D eigenvalue weighted by Crippen LogP contribution is 2.30. The van der Waals surface area contributed by atoms with Gasteiger partial charge in [-0.05, 0) is 37.0 Å². The van der Waals surface area contributed by atoms with E-state index in [-0.39, 0.29) is 5.91 Å². The zero-order chi connectivity index (χ0) is 18.2. The van der Waals surface area contributed by atoms with Crippen molar-refractivity contribution in [3.05, 3.63) is 60.7 Å². The number of nitrogens with one attached hydrogen (secondary N) is 1. The van der Waals surface area contributed by atoms with Crippen LogP contribution in [0.25, 0.3) is 22.2 Å². The van der Waals surface area contributed by atoms with Crippen LogP contribution in [0, 0.1) is 0 Å². The van der Waals surface area contributed by atoms with Crippen molar-refractivity contribution < 1.29 is 4.79 Å². The van der Waals surface area contributed by atoms with Gasteiger partial charge in [0.1, 0.15) is 6.54 Å². The van der Waals surface area contributed by atoms with Crippen LogP contribution in [0.1, 0.15) is 19.3 Å². The van der Waals surface area contributed by atoms with Gasteiger partial charge in [-0.1, -0.05) is 48.5 Å². The number of hydrogen-bond donors (Lipinski definition) is 1. The van der Waals surface area contributed by atoms with Crippen molar-refractivity contribution in [1.29, 1.82) is 0 Å². The third-order valence-electron chi connectivity index (χ3n) is 5.83. The van der Waals surface area contributed by atoms with Crippen molar-refractivity contribution in [3.8, 4) is 11.3 Å². The normalized spacial score (nSPS) is 20.2. The van der Waals surface area contributed by atoms with Gasteiger partial charge in [0.2, 0.25) is 5.91 Å². The van der Waals surface area contributed by atoms with E-state index in [0.717, 1.165) is 42.3 Å². The topological polar surface area (TPSA) is 37.3 Å². The quantitative estimate of drug-likeness (QED) is 0.755. The Morgan fingerprint density at radius 2 is 1.78 bits per heavy atom. The predicted octanol–water partition coefficient (Wildman–Crippen LogP) is 3.66. The summed E-state index contributed by atoms with van der Waals surface area (Å²) in [6.07, 6.45) is 3.73. The third kappa shape index (κ3) is 3.37. The number of aromatic nitrogens is 1. The van der Waals surface area contributed by atoms with Crippen LogP contribution in [0.3, 0.4) is 0 Å². The molecule has 1 unspecified atom stereocenters. The summed E-state index contributed by atoms with van der Waals surface area (Å²) in [5.74, 6) is 0.108. The van der Waals surface area contributed by atoms with Crippen molar-refractivity contribution in [3.63, 3.8) is 0 Å². The van der Waals surface area contributed by atoms with E-state index in [1.54, 1.807) is 0 Å². The molecule has 1 aromatic heterocycles. The van der Waals surface area contributed by atoms with Crippen molar-refractivity contribution in [2.24, 2.45) is 0 Å². The summed E-state index contributed by atoms with van der Waals surface area (Å²) in [4.78, 5) is 15.4. The SMILES string of the molecule is O=C(Cn1c(-c2ccccc2)cc2ccccc21)NC1CCN(C2CC2)C1. The Morgan fingerprint density at radius 1 is 1.00 bits per heavy atom. The van der Waals surface area contributed by atoms with Crippen LogP contribution in [0.5, 0.6) is 0 Å². The van der Waals surface area contributed by atoms with Gasteiger partial charge in [-0.2, -0.15) is 0 Å². The zero-order valence-corrected chi connectivity index (χ0v) is 15.5. The Hall–Kier alpha value is -2.59. The lowest BCUT2D eigenvalue weighted by Gasteiger charge is -2.17. The molecule has 1 saturated carbocycles. The van der Waals surface area contributed by atoms with Crippen LogP contribution in [-0.2, 0) is 11.3 Å². The molecule has 2 aliphatic rings. The molecular weight excluding hydrogens is 334 g/mol. The van der Waals surface area contributed by atoms with Crippen LogP contribution in [-0.4, -0.2) is 40.5 Å². The van der Waals surface area contributed by atoms with E-state index < -0.39 is 0 Å². The fraction of sp³-hybridized carbons (Fsp3) is 0.348. The molecule has 1 aliphatic carbocycles. The molecular formula is C23H25N3O. The molecule has 5 rings (SSSR count). The van der Waals surface area contributed by atoms with Crippen LogP contribution >= 0.6 is 0 Å². The van der Waals surface area contributed by atoms with E-state index in [1.165, 1.54) is 18.2 Å². The number of nitrogens with zero attached hydrogens (tertiary/aromatic N) is 2. The standard InChI is InChI=1S/C23H25N3O/c27-23(24-19-12-13-25(15-19)20-10-11-20)16-26-21-9-5-4-8-18(21)14-22(26)17-6-2-1-3-7-17/h1-9,14,19-20H,10-13,15-16H2,(H,24,27). The Balaban J connectivity index is 1.38. The minimum absolute atomic E-state index is 0.108. The molecule has 1 atom stereocenters. The van der Waals surface area contributed by atoms with Gasteiger partial charge in [-0.15, -0.1) is 0 Å². The van der Waals surface area contributed by atoms with Gasteiger partial charge in [-0.25, -0.2) is 0 Å². The fourth-order valence-electron chi connectivity index (χ4n) is 4.32. The van der Waals surface area contributed by atoms with Crippen LogP contribution in [0.4, 0.5) is 0 Å². The number of amides is 1. The third-order valence-corrected chi connectivity index (χ3v) is 5.83. The molecule has 1 aliphatic heterocycles. The molecule has 0 spiro atoms. The van der Waals surface area contributed by atoms with Gasteiger partial charge in [0.05, 0.1) is 0 Å². The number of likely N-dealkylation sites (tertiary alicyclic amines) is 1. The second kappa shape index (κ2) is 6.86. The van der Waals surface area contributed by atoms with Crippen molar-refractivity contribution in [2.75, 3.05) is 13.1 Å². The van der Waals surface area contributed by atoms with Crippen molar-refractivity contribution in [1.82, 2.24) is 14.8 Å². The highest BCUT2D eigenvalue weighted by molar-refractivity contribution is 5.89. The van der Waals surface area contributed by atoms with E-state index in [9.17, 15) is 4.79 Å². The average molecular weight is 359 g/mol. The Kier molecular flexibility index (Phi) is 4.21. The Labute approximate surface area is 159 Å². The molecule has 2 heterocycles. The first-order chi connectivity index (χ1) is 13.3. The number of rotatable bonds is 5. The van der Waals surface area contributed by atoms with Crippen LogP contribution < -0.4 is 5.32 Å². The van der Waals surface area contributed by atoms with Gasteiger partial charge >= 0.3 is 0 Å². The summed E-state index contributed by atoms with van der Waals surface area (Å²) in [6, 6.07) is 21.9. The molecule has 0 radical (unpaired) electrons. The van der Waals surface area contributed by atoms with E-state index in [0.29, 0.717) is 12.6 Å². The summed E-state index contributed by atoms with van der Waals surface area (Å²) in [5.41, 5.74) is 3.35.